The van der Waals surface area contributed by atoms with Gasteiger partial charge in [-0.2, -0.15) is 5.26 Å². The van der Waals surface area contributed by atoms with Gasteiger partial charge in [0.15, 0.2) is 0 Å². The first-order valence-electron chi connectivity index (χ1n) is 9.77. The molecule has 1 atom stereocenters. The largest absolute Gasteiger partial charge is 0.497 e. The van der Waals surface area contributed by atoms with Crippen molar-refractivity contribution < 1.29 is 19.1 Å². The maximum Gasteiger partial charge on any atom is 0.234 e. The van der Waals surface area contributed by atoms with Gasteiger partial charge in [-0.1, -0.05) is 23.9 Å². The Balaban J connectivity index is 1.70. The fraction of sp³-hybridized carbons (Fsp3) is 0.261. The molecule has 31 heavy (non-hydrogen) atoms. The van der Waals surface area contributed by atoms with E-state index < -0.39 is 0 Å². The Kier molecular flexibility index (Phi) is 7.57. The van der Waals surface area contributed by atoms with Crippen molar-refractivity contribution in [1.29, 1.82) is 5.26 Å². The number of carbonyl (C=O) groups excluding carboxylic acids is 2. The summed E-state index contributed by atoms with van der Waals surface area (Å²) in [5.41, 5.74) is 1.95. The number of amides is 2. The summed E-state index contributed by atoms with van der Waals surface area (Å²) in [5.74, 6) is 0.707. The van der Waals surface area contributed by atoms with Gasteiger partial charge in [0, 0.05) is 18.0 Å². The maximum atomic E-state index is 12.3. The van der Waals surface area contributed by atoms with E-state index in [0.29, 0.717) is 28.6 Å². The third-order valence-corrected chi connectivity index (χ3v) is 5.69. The smallest absolute Gasteiger partial charge is 0.234 e. The summed E-state index contributed by atoms with van der Waals surface area (Å²) in [4.78, 5) is 24.6. The molecular weight excluding hydrogens is 414 g/mol. The van der Waals surface area contributed by atoms with Crippen molar-refractivity contribution in [3.8, 4) is 17.6 Å². The van der Waals surface area contributed by atoms with Crippen LogP contribution in [0.25, 0.3) is 0 Å². The Bertz CT molecular complexity index is 1010. The second-order valence-electron chi connectivity index (χ2n) is 6.73. The van der Waals surface area contributed by atoms with Crippen molar-refractivity contribution >= 4 is 29.3 Å². The van der Waals surface area contributed by atoms with Crippen LogP contribution in [0.1, 0.15) is 24.8 Å². The number of allylic oxidation sites excluding steroid dienone is 1. The Hall–Kier alpha value is -3.44. The molecule has 1 aliphatic heterocycles. The molecule has 2 N–H and O–H groups in total. The van der Waals surface area contributed by atoms with Gasteiger partial charge in [0.25, 0.3) is 0 Å². The van der Waals surface area contributed by atoms with Crippen LogP contribution in [0.15, 0.2) is 59.1 Å². The molecule has 0 saturated heterocycles. The molecule has 0 saturated carbocycles. The molecule has 0 bridgehead atoms. The van der Waals surface area contributed by atoms with Gasteiger partial charge in [-0.15, -0.1) is 0 Å². The number of nitrogens with zero attached hydrogens (tertiary/aromatic N) is 1. The number of rotatable bonds is 8. The molecule has 0 fully saturated rings. The lowest BCUT2D eigenvalue weighted by atomic mass is 9.87. The Morgan fingerprint density at radius 3 is 2.48 bits per heavy atom. The van der Waals surface area contributed by atoms with E-state index in [-0.39, 0.29) is 29.9 Å². The normalized spacial score (nSPS) is 15.6. The molecule has 7 nitrogen and oxygen atoms in total. The van der Waals surface area contributed by atoms with Gasteiger partial charge in [-0.3, -0.25) is 9.59 Å². The van der Waals surface area contributed by atoms with Crippen molar-refractivity contribution in [2.45, 2.75) is 19.3 Å². The molecule has 2 amide bonds. The lowest BCUT2D eigenvalue weighted by molar-refractivity contribution is -0.121. The molecule has 0 aliphatic carbocycles. The van der Waals surface area contributed by atoms with Gasteiger partial charge in [0.05, 0.1) is 36.1 Å². The third-order valence-electron chi connectivity index (χ3n) is 4.67. The van der Waals surface area contributed by atoms with Crippen molar-refractivity contribution in [3.05, 3.63) is 64.7 Å². The molecule has 0 spiro atoms. The van der Waals surface area contributed by atoms with Crippen LogP contribution in [0.2, 0.25) is 0 Å². The third kappa shape index (κ3) is 5.80. The van der Waals surface area contributed by atoms with Gasteiger partial charge in [0.1, 0.15) is 11.5 Å². The second-order valence-corrected chi connectivity index (χ2v) is 7.71. The van der Waals surface area contributed by atoms with Gasteiger partial charge < -0.3 is 20.1 Å². The Labute approximate surface area is 185 Å². The van der Waals surface area contributed by atoms with Crippen LogP contribution in [-0.2, 0) is 9.59 Å². The van der Waals surface area contributed by atoms with Crippen molar-refractivity contribution in [3.63, 3.8) is 0 Å². The molecule has 0 aromatic heterocycles. The van der Waals surface area contributed by atoms with Crippen molar-refractivity contribution in [1.82, 2.24) is 5.32 Å². The van der Waals surface area contributed by atoms with E-state index in [4.69, 9.17) is 9.47 Å². The fourth-order valence-electron chi connectivity index (χ4n) is 3.19. The van der Waals surface area contributed by atoms with Crippen molar-refractivity contribution in [2.24, 2.45) is 0 Å². The van der Waals surface area contributed by atoms with Gasteiger partial charge in [-0.05, 0) is 48.9 Å². The Morgan fingerprint density at radius 1 is 1.19 bits per heavy atom. The van der Waals surface area contributed by atoms with Crippen LogP contribution in [0, 0.1) is 11.3 Å². The summed E-state index contributed by atoms with van der Waals surface area (Å²) >= 11 is 1.14. The molecular formula is C23H23N3O4S. The second kappa shape index (κ2) is 10.5. The molecule has 2 aromatic rings. The fourth-order valence-corrected chi connectivity index (χ4v) is 4.07. The van der Waals surface area contributed by atoms with E-state index in [1.807, 2.05) is 31.2 Å². The summed E-state index contributed by atoms with van der Waals surface area (Å²) in [7, 11) is 1.57. The minimum absolute atomic E-state index is 0.0584. The zero-order valence-corrected chi connectivity index (χ0v) is 18.1. The maximum absolute atomic E-state index is 12.3. The van der Waals surface area contributed by atoms with Crippen LogP contribution in [0.3, 0.4) is 0 Å². The monoisotopic (exact) mass is 437 g/mol. The summed E-state index contributed by atoms with van der Waals surface area (Å²) in [6, 6.07) is 16.6. The molecule has 8 heteroatoms. The van der Waals surface area contributed by atoms with E-state index >= 15 is 0 Å². The number of thioether (sulfide) groups is 1. The molecule has 2 aromatic carbocycles. The average Bonchev–Trinajstić information content (AvgIpc) is 2.78. The topological polar surface area (TPSA) is 100 Å². The molecule has 0 unspecified atom stereocenters. The number of benzene rings is 2. The number of ether oxygens (including phenoxy) is 2. The molecule has 1 heterocycles. The number of methoxy groups -OCH3 is 1. The highest BCUT2D eigenvalue weighted by Gasteiger charge is 2.29. The SMILES string of the molecule is CCOc1ccc([C@@H]2CC(=O)NC(SCC(=O)Nc3ccc(OC)cc3)=C2C#N)cc1. The van der Waals surface area contributed by atoms with Gasteiger partial charge in [0.2, 0.25) is 11.8 Å². The highest BCUT2D eigenvalue weighted by molar-refractivity contribution is 8.03. The zero-order valence-electron chi connectivity index (χ0n) is 17.3. The quantitative estimate of drug-likeness (QED) is 0.651. The van der Waals surface area contributed by atoms with Crippen LogP contribution in [0.4, 0.5) is 5.69 Å². The van der Waals surface area contributed by atoms with Crippen LogP contribution in [0.5, 0.6) is 11.5 Å². The molecule has 3 rings (SSSR count). The molecule has 1 aliphatic rings. The number of nitriles is 1. The van der Waals surface area contributed by atoms with Crippen LogP contribution >= 0.6 is 11.8 Å². The van der Waals surface area contributed by atoms with E-state index in [1.54, 1.807) is 31.4 Å². The average molecular weight is 438 g/mol. The van der Waals surface area contributed by atoms with Crippen molar-refractivity contribution in [2.75, 3.05) is 24.8 Å². The predicted octanol–water partition coefficient (Wildman–Crippen LogP) is 3.80. The number of hydrogen-bond donors (Lipinski definition) is 2. The minimum atomic E-state index is -0.360. The predicted molar refractivity (Wildman–Crippen MR) is 120 cm³/mol. The summed E-state index contributed by atoms with van der Waals surface area (Å²) in [6.45, 7) is 2.47. The van der Waals surface area contributed by atoms with Crippen LogP contribution < -0.4 is 20.1 Å². The highest BCUT2D eigenvalue weighted by Crippen LogP contribution is 2.36. The first-order chi connectivity index (χ1) is 15.0. The molecule has 160 valence electrons. The first-order valence-corrected chi connectivity index (χ1v) is 10.8. The number of nitrogens with one attached hydrogen (secondary N) is 2. The first kappa shape index (κ1) is 22.2. The summed E-state index contributed by atoms with van der Waals surface area (Å²) in [5, 5.41) is 15.7. The van der Waals surface area contributed by atoms with E-state index in [1.165, 1.54) is 0 Å². The standard InChI is InChI=1S/C23H23N3O4S/c1-3-30-18-8-4-15(5-9-18)19-12-21(27)26-23(20(19)13-24)31-14-22(28)25-16-6-10-17(29-2)11-7-16/h4-11,19H,3,12,14H2,1-2H3,(H,25,28)(H,26,27)/t19-/m0/s1. The summed E-state index contributed by atoms with van der Waals surface area (Å²) in [6.07, 6.45) is 0.180. The highest BCUT2D eigenvalue weighted by atomic mass is 32.2. The zero-order chi connectivity index (χ0) is 22.2. The summed E-state index contributed by atoms with van der Waals surface area (Å²) < 4.78 is 10.6. The van der Waals surface area contributed by atoms with Gasteiger partial charge >= 0.3 is 0 Å². The Morgan fingerprint density at radius 2 is 1.87 bits per heavy atom. The lowest BCUT2D eigenvalue weighted by Gasteiger charge is -2.25. The minimum Gasteiger partial charge on any atom is -0.497 e. The lowest BCUT2D eigenvalue weighted by Crippen LogP contribution is -2.31. The van der Waals surface area contributed by atoms with E-state index in [9.17, 15) is 14.9 Å². The number of carbonyl (C=O) groups is 2. The number of anilines is 1. The van der Waals surface area contributed by atoms with E-state index in [0.717, 1.165) is 23.1 Å². The molecule has 0 radical (unpaired) electrons. The number of hydrogen-bond acceptors (Lipinski definition) is 6. The van der Waals surface area contributed by atoms with E-state index in [2.05, 4.69) is 16.7 Å². The van der Waals surface area contributed by atoms with Gasteiger partial charge in [-0.25, -0.2) is 0 Å². The van der Waals surface area contributed by atoms with Crippen LogP contribution in [-0.4, -0.2) is 31.3 Å².